The summed E-state index contributed by atoms with van der Waals surface area (Å²) in [6.07, 6.45) is 0. The topological polar surface area (TPSA) is 17.1 Å². The first kappa shape index (κ1) is 11.3. The van der Waals surface area contributed by atoms with E-state index in [9.17, 15) is 4.79 Å². The maximum Gasteiger partial charge on any atom is 0.193 e. The molecule has 0 saturated heterocycles. The average molecular weight is 322 g/mol. The zero-order valence-electron chi connectivity index (χ0n) is 8.91. The number of benzene rings is 2. The number of rotatable bonds is 2. The summed E-state index contributed by atoms with van der Waals surface area (Å²) < 4.78 is 1.12. The highest BCUT2D eigenvalue weighted by molar-refractivity contribution is 14.1. The molecule has 1 nitrogen and oxygen atoms in total. The van der Waals surface area contributed by atoms with Crippen LogP contribution in [0.15, 0.2) is 48.5 Å². The maximum atomic E-state index is 12.2. The van der Waals surface area contributed by atoms with Crippen LogP contribution in [0.2, 0.25) is 0 Å². The fourth-order valence-corrected chi connectivity index (χ4v) is 2.10. The smallest absolute Gasteiger partial charge is 0.193 e. The Hall–Kier alpha value is -1.16. The van der Waals surface area contributed by atoms with Crippen molar-refractivity contribution in [3.05, 3.63) is 68.8 Å². The van der Waals surface area contributed by atoms with Crippen LogP contribution < -0.4 is 0 Å². The van der Waals surface area contributed by atoms with Crippen molar-refractivity contribution in [3.8, 4) is 0 Å². The highest BCUT2D eigenvalue weighted by Gasteiger charge is 2.12. The molecule has 2 aromatic carbocycles. The van der Waals surface area contributed by atoms with Gasteiger partial charge in [-0.1, -0.05) is 42.5 Å². The Morgan fingerprint density at radius 2 is 1.69 bits per heavy atom. The summed E-state index contributed by atoms with van der Waals surface area (Å²) in [5.41, 5.74) is 2.59. The standard InChI is InChI=1S/C14H11IO/c1-10-12(8-5-9-13(10)15)14(16)11-6-3-2-4-7-11/h2-9H,1H3. The molecule has 2 aromatic rings. The number of halogens is 1. The van der Waals surface area contributed by atoms with Gasteiger partial charge in [0.05, 0.1) is 0 Å². The molecule has 0 aliphatic heterocycles. The Morgan fingerprint density at radius 3 is 2.38 bits per heavy atom. The van der Waals surface area contributed by atoms with Crippen LogP contribution in [0.4, 0.5) is 0 Å². The van der Waals surface area contributed by atoms with Crippen molar-refractivity contribution in [3.63, 3.8) is 0 Å². The van der Waals surface area contributed by atoms with Crippen LogP contribution in [0.1, 0.15) is 21.5 Å². The quantitative estimate of drug-likeness (QED) is 0.607. The van der Waals surface area contributed by atoms with Gasteiger partial charge in [-0.05, 0) is 41.1 Å². The van der Waals surface area contributed by atoms with Crippen molar-refractivity contribution in [1.29, 1.82) is 0 Å². The first-order valence-corrected chi connectivity index (χ1v) is 6.13. The van der Waals surface area contributed by atoms with Gasteiger partial charge in [-0.15, -0.1) is 0 Å². The molecular weight excluding hydrogens is 311 g/mol. The summed E-state index contributed by atoms with van der Waals surface area (Å²) in [7, 11) is 0. The van der Waals surface area contributed by atoms with Crippen LogP contribution in [0, 0.1) is 10.5 Å². The normalized spacial score (nSPS) is 10.1. The van der Waals surface area contributed by atoms with Crippen molar-refractivity contribution in [2.75, 3.05) is 0 Å². The second-order valence-electron chi connectivity index (χ2n) is 3.61. The van der Waals surface area contributed by atoms with Gasteiger partial charge in [-0.25, -0.2) is 0 Å². The minimum absolute atomic E-state index is 0.0941. The van der Waals surface area contributed by atoms with Gasteiger partial charge in [0.25, 0.3) is 0 Å². The highest BCUT2D eigenvalue weighted by Crippen LogP contribution is 2.18. The first-order valence-electron chi connectivity index (χ1n) is 5.05. The molecule has 0 N–H and O–H groups in total. The third kappa shape index (κ3) is 2.16. The number of ketones is 1. The van der Waals surface area contributed by atoms with E-state index >= 15 is 0 Å². The number of hydrogen-bond donors (Lipinski definition) is 0. The van der Waals surface area contributed by atoms with Crippen LogP contribution >= 0.6 is 22.6 Å². The molecule has 0 aliphatic rings. The lowest BCUT2D eigenvalue weighted by molar-refractivity contribution is 0.103. The van der Waals surface area contributed by atoms with E-state index in [0.717, 1.165) is 20.3 Å². The zero-order chi connectivity index (χ0) is 11.5. The predicted molar refractivity (Wildman–Crippen MR) is 73.8 cm³/mol. The molecule has 0 spiro atoms. The van der Waals surface area contributed by atoms with E-state index in [1.54, 1.807) is 0 Å². The van der Waals surface area contributed by atoms with Gasteiger partial charge in [-0.2, -0.15) is 0 Å². The number of carbonyl (C=O) groups is 1. The third-order valence-corrected chi connectivity index (χ3v) is 3.72. The minimum atomic E-state index is 0.0941. The number of carbonyl (C=O) groups excluding carboxylic acids is 1. The minimum Gasteiger partial charge on any atom is -0.289 e. The fourth-order valence-electron chi connectivity index (χ4n) is 1.60. The molecule has 0 unspecified atom stereocenters. The predicted octanol–water partition coefficient (Wildman–Crippen LogP) is 3.83. The van der Waals surface area contributed by atoms with E-state index in [4.69, 9.17) is 0 Å². The maximum absolute atomic E-state index is 12.2. The fraction of sp³-hybridized carbons (Fsp3) is 0.0714. The van der Waals surface area contributed by atoms with E-state index in [2.05, 4.69) is 22.6 Å². The average Bonchev–Trinajstić information content (AvgIpc) is 2.33. The molecule has 0 saturated carbocycles. The van der Waals surface area contributed by atoms with E-state index in [1.165, 1.54) is 0 Å². The second-order valence-corrected chi connectivity index (χ2v) is 4.77. The monoisotopic (exact) mass is 322 g/mol. The molecule has 16 heavy (non-hydrogen) atoms. The summed E-state index contributed by atoms with van der Waals surface area (Å²) in [6.45, 7) is 1.98. The van der Waals surface area contributed by atoms with Crippen LogP contribution in [0.3, 0.4) is 0 Å². The molecule has 0 aromatic heterocycles. The molecule has 0 atom stereocenters. The lowest BCUT2D eigenvalue weighted by Gasteiger charge is -2.06. The van der Waals surface area contributed by atoms with Gasteiger partial charge < -0.3 is 0 Å². The Morgan fingerprint density at radius 1 is 1.00 bits per heavy atom. The van der Waals surface area contributed by atoms with Crippen LogP contribution in [0.5, 0.6) is 0 Å². The molecule has 0 fully saturated rings. The van der Waals surface area contributed by atoms with Crippen LogP contribution in [0.25, 0.3) is 0 Å². The van der Waals surface area contributed by atoms with E-state index in [-0.39, 0.29) is 5.78 Å². The van der Waals surface area contributed by atoms with E-state index in [1.807, 2.05) is 55.5 Å². The van der Waals surface area contributed by atoms with Crippen molar-refractivity contribution in [2.24, 2.45) is 0 Å². The molecule has 0 aliphatic carbocycles. The third-order valence-electron chi connectivity index (χ3n) is 2.55. The molecular formula is C14H11IO. The Bertz CT molecular complexity index is 518. The van der Waals surface area contributed by atoms with Crippen molar-refractivity contribution in [1.82, 2.24) is 0 Å². The molecule has 0 heterocycles. The van der Waals surface area contributed by atoms with E-state index < -0.39 is 0 Å². The first-order chi connectivity index (χ1) is 7.70. The molecule has 0 amide bonds. The largest absolute Gasteiger partial charge is 0.289 e. The van der Waals surface area contributed by atoms with Gasteiger partial charge in [-0.3, -0.25) is 4.79 Å². The number of hydrogen-bond acceptors (Lipinski definition) is 1. The highest BCUT2D eigenvalue weighted by atomic mass is 127. The summed E-state index contributed by atoms with van der Waals surface area (Å²) in [5, 5.41) is 0. The zero-order valence-corrected chi connectivity index (χ0v) is 11.1. The summed E-state index contributed by atoms with van der Waals surface area (Å²) in [5.74, 6) is 0.0941. The lowest BCUT2D eigenvalue weighted by atomic mass is 9.99. The van der Waals surface area contributed by atoms with Gasteiger partial charge >= 0.3 is 0 Å². The molecule has 0 bridgehead atoms. The lowest BCUT2D eigenvalue weighted by Crippen LogP contribution is -2.04. The van der Waals surface area contributed by atoms with Crippen LogP contribution in [-0.2, 0) is 0 Å². The van der Waals surface area contributed by atoms with Crippen molar-refractivity contribution >= 4 is 28.4 Å². The van der Waals surface area contributed by atoms with Gasteiger partial charge in [0, 0.05) is 14.7 Å². The van der Waals surface area contributed by atoms with Crippen LogP contribution in [-0.4, -0.2) is 5.78 Å². The Balaban J connectivity index is 2.46. The van der Waals surface area contributed by atoms with Gasteiger partial charge in [0.1, 0.15) is 0 Å². The summed E-state index contributed by atoms with van der Waals surface area (Å²) in [4.78, 5) is 12.2. The summed E-state index contributed by atoms with van der Waals surface area (Å²) in [6, 6.07) is 15.2. The van der Waals surface area contributed by atoms with Crippen molar-refractivity contribution < 1.29 is 4.79 Å². The van der Waals surface area contributed by atoms with Gasteiger partial charge in [0.2, 0.25) is 0 Å². The Labute approximate surface area is 109 Å². The molecule has 0 radical (unpaired) electrons. The molecule has 2 rings (SSSR count). The summed E-state index contributed by atoms with van der Waals surface area (Å²) >= 11 is 2.25. The Kier molecular flexibility index (Phi) is 3.39. The van der Waals surface area contributed by atoms with E-state index in [0.29, 0.717) is 0 Å². The molecule has 2 heteroatoms. The van der Waals surface area contributed by atoms with Gasteiger partial charge in [0.15, 0.2) is 5.78 Å². The second kappa shape index (κ2) is 4.78. The van der Waals surface area contributed by atoms with Crippen molar-refractivity contribution in [2.45, 2.75) is 6.92 Å². The molecule has 80 valence electrons. The SMILES string of the molecule is Cc1c(I)cccc1C(=O)c1ccccc1.